The number of hydrogen-bond donors (Lipinski definition) is 0. The Morgan fingerprint density at radius 3 is 2.80 bits per heavy atom. The van der Waals surface area contributed by atoms with E-state index in [1.807, 2.05) is 0 Å². The number of nitrogens with zero attached hydrogens (tertiary/aromatic N) is 4. The van der Waals surface area contributed by atoms with E-state index in [4.69, 9.17) is 4.98 Å². The van der Waals surface area contributed by atoms with Gasteiger partial charge in [-0.05, 0) is 31.2 Å². The standard InChI is InChI=1S/C21H28N4/c1-16-6-10-25(11-7-16)21-22-13-19-15-24(9-8-20(19)23-21)14-18-5-3-4-17(2)12-18/h3-5,12-13,16H,6-11,14-15H2,1-2H3. The molecule has 4 nitrogen and oxygen atoms in total. The van der Waals surface area contributed by atoms with Crippen LogP contribution in [0.25, 0.3) is 0 Å². The normalized spacial score (nSPS) is 19.0. The third-order valence-corrected chi connectivity index (χ3v) is 5.56. The van der Waals surface area contributed by atoms with E-state index in [2.05, 4.69) is 59.1 Å². The van der Waals surface area contributed by atoms with Gasteiger partial charge >= 0.3 is 0 Å². The van der Waals surface area contributed by atoms with E-state index >= 15 is 0 Å². The molecular formula is C21H28N4. The Morgan fingerprint density at radius 1 is 1.16 bits per heavy atom. The highest BCUT2D eigenvalue weighted by Crippen LogP contribution is 2.24. The first-order chi connectivity index (χ1) is 12.2. The van der Waals surface area contributed by atoms with Gasteiger partial charge in [-0.2, -0.15) is 0 Å². The number of fused-ring (bicyclic) bond motifs is 1. The Balaban J connectivity index is 1.43. The van der Waals surface area contributed by atoms with Gasteiger partial charge in [0.15, 0.2) is 0 Å². The van der Waals surface area contributed by atoms with E-state index in [-0.39, 0.29) is 0 Å². The minimum absolute atomic E-state index is 0.837. The molecule has 3 heterocycles. The minimum Gasteiger partial charge on any atom is -0.341 e. The summed E-state index contributed by atoms with van der Waals surface area (Å²) in [7, 11) is 0. The highest BCUT2D eigenvalue weighted by atomic mass is 15.3. The number of anilines is 1. The minimum atomic E-state index is 0.837. The predicted octanol–water partition coefficient (Wildman–Crippen LogP) is 3.58. The van der Waals surface area contributed by atoms with E-state index in [0.29, 0.717) is 0 Å². The number of aryl methyl sites for hydroxylation is 1. The molecule has 2 aromatic rings. The van der Waals surface area contributed by atoms with Crippen LogP contribution in [0.5, 0.6) is 0 Å². The Labute approximate surface area is 150 Å². The molecule has 0 radical (unpaired) electrons. The van der Waals surface area contributed by atoms with E-state index in [1.54, 1.807) is 0 Å². The van der Waals surface area contributed by atoms with Gasteiger partial charge in [-0.1, -0.05) is 36.8 Å². The van der Waals surface area contributed by atoms with Crippen LogP contribution in [0, 0.1) is 12.8 Å². The monoisotopic (exact) mass is 336 g/mol. The van der Waals surface area contributed by atoms with Crippen LogP contribution in [0.15, 0.2) is 30.5 Å². The van der Waals surface area contributed by atoms with Gasteiger partial charge in [0.2, 0.25) is 5.95 Å². The summed E-state index contributed by atoms with van der Waals surface area (Å²) in [5.74, 6) is 1.78. The van der Waals surface area contributed by atoms with Crippen LogP contribution in [-0.4, -0.2) is 34.5 Å². The van der Waals surface area contributed by atoms with Crippen molar-refractivity contribution in [2.75, 3.05) is 24.5 Å². The molecule has 0 spiro atoms. The van der Waals surface area contributed by atoms with Crippen LogP contribution in [-0.2, 0) is 19.5 Å². The van der Waals surface area contributed by atoms with Crippen molar-refractivity contribution in [1.82, 2.24) is 14.9 Å². The van der Waals surface area contributed by atoms with Crippen molar-refractivity contribution in [1.29, 1.82) is 0 Å². The lowest BCUT2D eigenvalue weighted by Crippen LogP contribution is -2.35. The molecule has 2 aliphatic rings. The largest absolute Gasteiger partial charge is 0.341 e. The van der Waals surface area contributed by atoms with Crippen molar-refractivity contribution in [2.24, 2.45) is 5.92 Å². The summed E-state index contributed by atoms with van der Waals surface area (Å²) >= 11 is 0. The van der Waals surface area contributed by atoms with E-state index in [0.717, 1.165) is 51.0 Å². The second-order valence-electron chi connectivity index (χ2n) is 7.76. The van der Waals surface area contributed by atoms with E-state index in [1.165, 1.54) is 35.2 Å². The molecule has 25 heavy (non-hydrogen) atoms. The zero-order chi connectivity index (χ0) is 17.2. The van der Waals surface area contributed by atoms with Crippen molar-refractivity contribution in [2.45, 2.75) is 46.2 Å². The molecule has 0 saturated carbocycles. The fourth-order valence-electron chi connectivity index (χ4n) is 3.93. The summed E-state index contributed by atoms with van der Waals surface area (Å²) in [6.45, 7) is 9.74. The van der Waals surface area contributed by atoms with Gasteiger partial charge in [-0.15, -0.1) is 0 Å². The number of benzene rings is 1. The second-order valence-corrected chi connectivity index (χ2v) is 7.76. The highest BCUT2D eigenvalue weighted by Gasteiger charge is 2.22. The molecule has 0 aliphatic carbocycles. The summed E-state index contributed by atoms with van der Waals surface area (Å²) in [5, 5.41) is 0. The summed E-state index contributed by atoms with van der Waals surface area (Å²) in [4.78, 5) is 14.5. The molecule has 0 unspecified atom stereocenters. The van der Waals surface area contributed by atoms with E-state index in [9.17, 15) is 0 Å². The molecule has 2 aliphatic heterocycles. The molecule has 1 aromatic carbocycles. The maximum atomic E-state index is 4.91. The van der Waals surface area contributed by atoms with Gasteiger partial charge in [-0.3, -0.25) is 4.90 Å². The van der Waals surface area contributed by atoms with Gasteiger partial charge in [-0.25, -0.2) is 9.97 Å². The molecule has 0 N–H and O–H groups in total. The summed E-state index contributed by atoms with van der Waals surface area (Å²) in [5.41, 5.74) is 5.28. The summed E-state index contributed by atoms with van der Waals surface area (Å²) < 4.78 is 0. The van der Waals surface area contributed by atoms with E-state index < -0.39 is 0 Å². The van der Waals surface area contributed by atoms with Gasteiger partial charge in [0.05, 0.1) is 5.69 Å². The molecule has 132 valence electrons. The Bertz CT molecular complexity index is 734. The SMILES string of the molecule is Cc1cccc(CN2CCc3nc(N4CCC(C)CC4)ncc3C2)c1. The maximum Gasteiger partial charge on any atom is 0.225 e. The average Bonchev–Trinajstić information content (AvgIpc) is 2.62. The van der Waals surface area contributed by atoms with Crippen LogP contribution in [0.4, 0.5) is 5.95 Å². The van der Waals surface area contributed by atoms with Crippen molar-refractivity contribution in [3.8, 4) is 0 Å². The van der Waals surface area contributed by atoms with Crippen molar-refractivity contribution in [3.05, 3.63) is 52.8 Å². The molecular weight excluding hydrogens is 308 g/mol. The zero-order valence-electron chi connectivity index (χ0n) is 15.4. The van der Waals surface area contributed by atoms with Crippen LogP contribution in [0.1, 0.15) is 42.1 Å². The third-order valence-electron chi connectivity index (χ3n) is 5.56. The quantitative estimate of drug-likeness (QED) is 0.857. The number of piperidine rings is 1. The molecule has 4 rings (SSSR count). The van der Waals surface area contributed by atoms with Gasteiger partial charge in [0.25, 0.3) is 0 Å². The van der Waals surface area contributed by atoms with Crippen molar-refractivity contribution < 1.29 is 0 Å². The van der Waals surface area contributed by atoms with Crippen molar-refractivity contribution >= 4 is 5.95 Å². The Morgan fingerprint density at radius 2 is 2.00 bits per heavy atom. The fraction of sp³-hybridized carbons (Fsp3) is 0.524. The Kier molecular flexibility index (Phi) is 4.71. The third kappa shape index (κ3) is 3.84. The average molecular weight is 336 g/mol. The first kappa shape index (κ1) is 16.5. The molecule has 0 bridgehead atoms. The van der Waals surface area contributed by atoms with Crippen LogP contribution >= 0.6 is 0 Å². The molecule has 0 amide bonds. The van der Waals surface area contributed by atoms with Gasteiger partial charge in [0, 0.05) is 50.9 Å². The predicted molar refractivity (Wildman–Crippen MR) is 102 cm³/mol. The lowest BCUT2D eigenvalue weighted by Gasteiger charge is -2.32. The number of rotatable bonds is 3. The summed E-state index contributed by atoms with van der Waals surface area (Å²) in [6.07, 6.45) is 5.61. The first-order valence-corrected chi connectivity index (χ1v) is 9.55. The maximum absolute atomic E-state index is 4.91. The fourth-order valence-corrected chi connectivity index (χ4v) is 3.93. The lowest BCUT2D eigenvalue weighted by atomic mass is 9.99. The van der Waals surface area contributed by atoms with Crippen molar-refractivity contribution in [3.63, 3.8) is 0 Å². The Hall–Kier alpha value is -1.94. The molecule has 4 heteroatoms. The number of aromatic nitrogens is 2. The summed E-state index contributed by atoms with van der Waals surface area (Å²) in [6, 6.07) is 8.81. The van der Waals surface area contributed by atoms with Gasteiger partial charge in [0.1, 0.15) is 0 Å². The lowest BCUT2D eigenvalue weighted by molar-refractivity contribution is 0.243. The smallest absolute Gasteiger partial charge is 0.225 e. The van der Waals surface area contributed by atoms with Crippen LogP contribution < -0.4 is 4.90 Å². The first-order valence-electron chi connectivity index (χ1n) is 9.55. The van der Waals surface area contributed by atoms with Gasteiger partial charge < -0.3 is 4.90 Å². The number of hydrogen-bond acceptors (Lipinski definition) is 4. The molecule has 0 atom stereocenters. The highest BCUT2D eigenvalue weighted by molar-refractivity contribution is 5.35. The molecule has 1 saturated heterocycles. The molecule has 1 aromatic heterocycles. The second kappa shape index (κ2) is 7.12. The topological polar surface area (TPSA) is 32.3 Å². The molecule has 1 fully saturated rings. The van der Waals surface area contributed by atoms with Crippen LogP contribution in [0.3, 0.4) is 0 Å². The van der Waals surface area contributed by atoms with Crippen LogP contribution in [0.2, 0.25) is 0 Å². The zero-order valence-corrected chi connectivity index (χ0v) is 15.4.